The van der Waals surface area contributed by atoms with Gasteiger partial charge in [0.05, 0.1) is 19.8 Å². The molecule has 0 aliphatic heterocycles. The molecule has 118 valence electrons. The van der Waals surface area contributed by atoms with Crippen LogP contribution in [0, 0.1) is 11.3 Å². The summed E-state index contributed by atoms with van der Waals surface area (Å²) in [7, 11) is 3.26. The lowest BCUT2D eigenvalue weighted by Crippen LogP contribution is -2.44. The fourth-order valence-corrected chi connectivity index (χ4v) is 3.76. The Kier molecular flexibility index (Phi) is 4.52. The van der Waals surface area contributed by atoms with Gasteiger partial charge in [-0.1, -0.05) is 39.7 Å². The van der Waals surface area contributed by atoms with Gasteiger partial charge in [0.2, 0.25) is 0 Å². The van der Waals surface area contributed by atoms with Crippen molar-refractivity contribution in [3.8, 4) is 11.5 Å². The zero-order chi connectivity index (χ0) is 15.7. The minimum absolute atomic E-state index is 0.0718. The van der Waals surface area contributed by atoms with Crippen molar-refractivity contribution in [1.82, 2.24) is 0 Å². The molecule has 1 fully saturated rings. The van der Waals surface area contributed by atoms with E-state index in [1.165, 1.54) is 6.42 Å². The van der Waals surface area contributed by atoms with Crippen molar-refractivity contribution in [3.63, 3.8) is 0 Å². The maximum absolute atomic E-state index is 11.4. The van der Waals surface area contributed by atoms with Crippen LogP contribution in [-0.2, 0) is 5.60 Å². The lowest BCUT2D eigenvalue weighted by molar-refractivity contribution is -0.0960. The Bertz CT molecular complexity index is 490. The lowest BCUT2D eigenvalue weighted by atomic mass is 9.61. The lowest BCUT2D eigenvalue weighted by Gasteiger charge is -2.47. The minimum Gasteiger partial charge on any atom is -0.493 e. The van der Waals surface area contributed by atoms with Gasteiger partial charge in [-0.3, -0.25) is 0 Å². The second-order valence-electron chi connectivity index (χ2n) is 7.16. The van der Waals surface area contributed by atoms with E-state index in [0.717, 1.165) is 24.8 Å². The first-order chi connectivity index (χ1) is 9.82. The average Bonchev–Trinajstić information content (AvgIpc) is 2.45. The molecule has 0 heterocycles. The standard InChI is InChI=1S/C18H28O3/c1-17(2,3)16-8-6-7-11-18(16,19)13-9-10-14(20-4)15(12-13)21-5/h9-10,12,16,19H,6-8,11H2,1-5H3. The fraction of sp³-hybridized carbons (Fsp3) is 0.667. The van der Waals surface area contributed by atoms with Crippen LogP contribution < -0.4 is 9.47 Å². The third-order valence-corrected chi connectivity index (χ3v) is 4.81. The molecule has 21 heavy (non-hydrogen) atoms. The monoisotopic (exact) mass is 292 g/mol. The second kappa shape index (κ2) is 5.88. The van der Waals surface area contributed by atoms with Crippen molar-refractivity contribution in [2.45, 2.75) is 52.1 Å². The van der Waals surface area contributed by atoms with Crippen molar-refractivity contribution in [2.24, 2.45) is 11.3 Å². The van der Waals surface area contributed by atoms with Crippen molar-refractivity contribution in [2.75, 3.05) is 14.2 Å². The summed E-state index contributed by atoms with van der Waals surface area (Å²) in [6.07, 6.45) is 4.13. The molecule has 2 rings (SSSR count). The summed E-state index contributed by atoms with van der Waals surface area (Å²) in [6, 6.07) is 5.80. The van der Waals surface area contributed by atoms with E-state index in [1.54, 1.807) is 14.2 Å². The Balaban J connectivity index is 2.45. The average molecular weight is 292 g/mol. The molecule has 1 saturated carbocycles. The molecule has 3 heteroatoms. The van der Waals surface area contributed by atoms with E-state index in [1.807, 2.05) is 18.2 Å². The topological polar surface area (TPSA) is 38.7 Å². The summed E-state index contributed by atoms with van der Waals surface area (Å²) in [5.41, 5.74) is 0.234. The van der Waals surface area contributed by atoms with Crippen LogP contribution in [0.2, 0.25) is 0 Å². The molecule has 0 aromatic heterocycles. The highest BCUT2D eigenvalue weighted by Gasteiger charge is 2.46. The first-order valence-electron chi connectivity index (χ1n) is 7.78. The third kappa shape index (κ3) is 3.03. The minimum atomic E-state index is -0.782. The summed E-state index contributed by atoms with van der Waals surface area (Å²) in [5.74, 6) is 1.63. The number of rotatable bonds is 3. The highest BCUT2D eigenvalue weighted by molar-refractivity contribution is 5.45. The van der Waals surface area contributed by atoms with Crippen LogP contribution in [0.5, 0.6) is 11.5 Å². The Morgan fingerprint density at radius 3 is 2.33 bits per heavy atom. The van der Waals surface area contributed by atoms with Gasteiger partial charge in [0.25, 0.3) is 0 Å². The summed E-state index contributed by atoms with van der Waals surface area (Å²) < 4.78 is 10.7. The van der Waals surface area contributed by atoms with Crippen LogP contribution in [0.25, 0.3) is 0 Å². The van der Waals surface area contributed by atoms with E-state index in [2.05, 4.69) is 20.8 Å². The zero-order valence-corrected chi connectivity index (χ0v) is 13.9. The first-order valence-corrected chi connectivity index (χ1v) is 7.78. The summed E-state index contributed by atoms with van der Waals surface area (Å²) in [4.78, 5) is 0. The SMILES string of the molecule is COc1ccc(C2(O)CCCCC2C(C)(C)C)cc1OC. The molecule has 0 spiro atoms. The Hall–Kier alpha value is -1.22. The van der Waals surface area contributed by atoms with Crippen LogP contribution in [0.4, 0.5) is 0 Å². The van der Waals surface area contributed by atoms with E-state index in [9.17, 15) is 5.11 Å². The van der Waals surface area contributed by atoms with Gasteiger partial charge < -0.3 is 14.6 Å². The summed E-state index contributed by atoms with van der Waals surface area (Å²) in [5, 5.41) is 11.4. The molecular weight excluding hydrogens is 264 g/mol. The van der Waals surface area contributed by atoms with E-state index in [4.69, 9.17) is 9.47 Å². The van der Waals surface area contributed by atoms with Gasteiger partial charge in [-0.15, -0.1) is 0 Å². The molecule has 0 radical (unpaired) electrons. The van der Waals surface area contributed by atoms with E-state index < -0.39 is 5.60 Å². The van der Waals surface area contributed by atoms with Crippen LogP contribution in [0.1, 0.15) is 52.0 Å². The number of methoxy groups -OCH3 is 2. The van der Waals surface area contributed by atoms with Crippen LogP contribution >= 0.6 is 0 Å². The highest BCUT2D eigenvalue weighted by Crippen LogP contribution is 2.50. The predicted octanol–water partition coefficient (Wildman–Crippen LogP) is 4.13. The zero-order valence-electron chi connectivity index (χ0n) is 13.9. The van der Waals surface area contributed by atoms with Gasteiger partial charge in [-0.05, 0) is 41.9 Å². The van der Waals surface area contributed by atoms with Gasteiger partial charge in [-0.2, -0.15) is 0 Å². The third-order valence-electron chi connectivity index (χ3n) is 4.81. The van der Waals surface area contributed by atoms with Crippen LogP contribution in [0.3, 0.4) is 0 Å². The number of hydrogen-bond donors (Lipinski definition) is 1. The molecule has 0 saturated heterocycles. The van der Waals surface area contributed by atoms with Gasteiger partial charge in [0.1, 0.15) is 0 Å². The van der Waals surface area contributed by atoms with Crippen molar-refractivity contribution < 1.29 is 14.6 Å². The number of aliphatic hydroxyl groups is 1. The van der Waals surface area contributed by atoms with E-state index in [-0.39, 0.29) is 11.3 Å². The van der Waals surface area contributed by atoms with Gasteiger partial charge >= 0.3 is 0 Å². The maximum Gasteiger partial charge on any atom is 0.161 e. The van der Waals surface area contributed by atoms with Crippen LogP contribution in [0.15, 0.2) is 18.2 Å². The number of hydrogen-bond acceptors (Lipinski definition) is 3. The van der Waals surface area contributed by atoms with Gasteiger partial charge in [-0.25, -0.2) is 0 Å². The maximum atomic E-state index is 11.4. The molecule has 0 amide bonds. The molecule has 1 aromatic carbocycles. The largest absolute Gasteiger partial charge is 0.493 e. The Labute approximate surface area is 128 Å². The van der Waals surface area contributed by atoms with Crippen molar-refractivity contribution >= 4 is 0 Å². The molecule has 2 unspecified atom stereocenters. The van der Waals surface area contributed by atoms with Gasteiger partial charge in [0.15, 0.2) is 11.5 Å². The van der Waals surface area contributed by atoms with E-state index in [0.29, 0.717) is 11.5 Å². The smallest absolute Gasteiger partial charge is 0.161 e. The van der Waals surface area contributed by atoms with Crippen LogP contribution in [-0.4, -0.2) is 19.3 Å². The first kappa shape index (κ1) is 16.2. The Morgan fingerprint density at radius 1 is 1.10 bits per heavy atom. The predicted molar refractivity (Wildman–Crippen MR) is 84.9 cm³/mol. The Morgan fingerprint density at radius 2 is 1.76 bits per heavy atom. The molecule has 0 bridgehead atoms. The molecule has 1 N–H and O–H groups in total. The quantitative estimate of drug-likeness (QED) is 0.910. The van der Waals surface area contributed by atoms with Crippen molar-refractivity contribution in [3.05, 3.63) is 23.8 Å². The molecular formula is C18H28O3. The summed E-state index contributed by atoms with van der Waals surface area (Å²) >= 11 is 0. The molecule has 2 atom stereocenters. The second-order valence-corrected chi connectivity index (χ2v) is 7.16. The summed E-state index contributed by atoms with van der Waals surface area (Å²) in [6.45, 7) is 6.65. The molecule has 1 aliphatic carbocycles. The van der Waals surface area contributed by atoms with Gasteiger partial charge in [0, 0.05) is 0 Å². The highest BCUT2D eigenvalue weighted by atomic mass is 16.5. The molecule has 1 aromatic rings. The van der Waals surface area contributed by atoms with E-state index >= 15 is 0 Å². The number of ether oxygens (including phenoxy) is 2. The fourth-order valence-electron chi connectivity index (χ4n) is 3.76. The normalized spacial score (nSPS) is 26.5. The molecule has 3 nitrogen and oxygen atoms in total. The van der Waals surface area contributed by atoms with Crippen molar-refractivity contribution in [1.29, 1.82) is 0 Å². The number of benzene rings is 1. The molecule has 1 aliphatic rings.